The van der Waals surface area contributed by atoms with Crippen molar-refractivity contribution in [1.29, 1.82) is 0 Å². The van der Waals surface area contributed by atoms with E-state index in [0.29, 0.717) is 11.3 Å². The van der Waals surface area contributed by atoms with Gasteiger partial charge in [-0.05, 0) is 11.6 Å². The van der Waals surface area contributed by atoms with E-state index in [1.807, 2.05) is 30.3 Å². The van der Waals surface area contributed by atoms with Gasteiger partial charge in [-0.15, -0.1) is 0 Å². The van der Waals surface area contributed by atoms with Crippen LogP contribution >= 0.6 is 0 Å². The van der Waals surface area contributed by atoms with Gasteiger partial charge < -0.3 is 14.6 Å². The fraction of sp³-hybridized carbons (Fsp3) is 0.188. The van der Waals surface area contributed by atoms with E-state index < -0.39 is 0 Å². The van der Waals surface area contributed by atoms with E-state index >= 15 is 0 Å². The Balaban J connectivity index is 1.99. The van der Waals surface area contributed by atoms with Gasteiger partial charge in [0.15, 0.2) is 17.3 Å². The van der Waals surface area contributed by atoms with Crippen molar-refractivity contribution in [2.75, 3.05) is 7.11 Å². The minimum absolute atomic E-state index is 0.0154. The predicted octanol–water partition coefficient (Wildman–Crippen LogP) is 3.11. The predicted molar refractivity (Wildman–Crippen MR) is 73.4 cm³/mol. The first-order chi connectivity index (χ1) is 9.69. The Labute approximate surface area is 116 Å². The van der Waals surface area contributed by atoms with Gasteiger partial charge in [0.2, 0.25) is 0 Å². The van der Waals surface area contributed by atoms with Crippen LogP contribution in [0.3, 0.4) is 0 Å². The molecule has 102 valence electrons. The van der Waals surface area contributed by atoms with Crippen LogP contribution in [-0.4, -0.2) is 18.0 Å². The monoisotopic (exact) mass is 270 g/mol. The number of ether oxygens (including phenoxy) is 2. The third-order valence-corrected chi connectivity index (χ3v) is 3.39. The Morgan fingerprint density at radius 2 is 2.00 bits per heavy atom. The zero-order valence-corrected chi connectivity index (χ0v) is 11.0. The molecule has 1 aliphatic heterocycles. The maximum Gasteiger partial charge on any atom is 0.170 e. The molecular weight excluding hydrogens is 256 g/mol. The number of carbonyl (C=O) groups is 1. The topological polar surface area (TPSA) is 55.8 Å². The molecular formula is C16H14O4. The molecule has 1 atom stereocenters. The van der Waals surface area contributed by atoms with Crippen LogP contribution < -0.4 is 9.47 Å². The van der Waals surface area contributed by atoms with E-state index in [1.54, 1.807) is 0 Å². The molecule has 0 aliphatic carbocycles. The summed E-state index contributed by atoms with van der Waals surface area (Å²) in [6.45, 7) is 0. The molecule has 1 unspecified atom stereocenters. The molecule has 2 aromatic carbocycles. The normalized spacial score (nSPS) is 17.2. The van der Waals surface area contributed by atoms with Gasteiger partial charge >= 0.3 is 0 Å². The average Bonchev–Trinajstić information content (AvgIpc) is 2.47. The molecule has 1 N–H and O–H groups in total. The number of phenolic OH excluding ortho intramolecular Hbond substituents is 1. The first-order valence-corrected chi connectivity index (χ1v) is 6.35. The van der Waals surface area contributed by atoms with E-state index in [2.05, 4.69) is 0 Å². The van der Waals surface area contributed by atoms with Crippen LogP contribution in [0.4, 0.5) is 0 Å². The molecule has 0 aromatic heterocycles. The van der Waals surface area contributed by atoms with E-state index in [9.17, 15) is 9.90 Å². The number of hydrogen-bond acceptors (Lipinski definition) is 4. The van der Waals surface area contributed by atoms with Gasteiger partial charge in [0.1, 0.15) is 11.9 Å². The van der Waals surface area contributed by atoms with Crippen molar-refractivity contribution in [3.8, 4) is 17.2 Å². The largest absolute Gasteiger partial charge is 0.504 e. The molecule has 0 radical (unpaired) electrons. The average molecular weight is 270 g/mol. The van der Waals surface area contributed by atoms with Crippen molar-refractivity contribution in [3.63, 3.8) is 0 Å². The number of aromatic hydroxyl groups is 1. The molecule has 2 aromatic rings. The lowest BCUT2D eigenvalue weighted by atomic mass is 9.96. The number of rotatable bonds is 2. The maximum atomic E-state index is 12.2. The summed E-state index contributed by atoms with van der Waals surface area (Å²) in [6.07, 6.45) is -0.0331. The van der Waals surface area contributed by atoms with Crippen LogP contribution in [0.1, 0.15) is 28.4 Å². The van der Waals surface area contributed by atoms with Crippen molar-refractivity contribution < 1.29 is 19.4 Å². The minimum Gasteiger partial charge on any atom is -0.504 e. The van der Waals surface area contributed by atoms with E-state index in [0.717, 1.165) is 5.56 Å². The Morgan fingerprint density at radius 1 is 1.25 bits per heavy atom. The summed E-state index contributed by atoms with van der Waals surface area (Å²) in [5.74, 6) is 0.624. The van der Waals surface area contributed by atoms with E-state index in [4.69, 9.17) is 9.47 Å². The minimum atomic E-state index is -0.316. The van der Waals surface area contributed by atoms with Crippen molar-refractivity contribution in [1.82, 2.24) is 0 Å². The van der Waals surface area contributed by atoms with E-state index in [-0.39, 0.29) is 29.8 Å². The van der Waals surface area contributed by atoms with Gasteiger partial charge in [-0.25, -0.2) is 0 Å². The van der Waals surface area contributed by atoms with Gasteiger partial charge in [0.25, 0.3) is 0 Å². The molecule has 0 spiro atoms. The highest BCUT2D eigenvalue weighted by Gasteiger charge is 2.29. The number of fused-ring (bicyclic) bond motifs is 1. The first-order valence-electron chi connectivity index (χ1n) is 6.35. The van der Waals surface area contributed by atoms with Crippen molar-refractivity contribution >= 4 is 5.78 Å². The van der Waals surface area contributed by atoms with Crippen molar-refractivity contribution in [2.24, 2.45) is 0 Å². The molecule has 4 heteroatoms. The van der Waals surface area contributed by atoms with Crippen molar-refractivity contribution in [2.45, 2.75) is 12.5 Å². The highest BCUT2D eigenvalue weighted by atomic mass is 16.5. The van der Waals surface area contributed by atoms with Crippen LogP contribution in [-0.2, 0) is 0 Å². The summed E-state index contributed by atoms with van der Waals surface area (Å²) < 4.78 is 10.8. The SMILES string of the molecule is COc1cc2c(cc1O)OC(c1ccccc1)CC2=O. The van der Waals surface area contributed by atoms with Crippen LogP contribution in [0.15, 0.2) is 42.5 Å². The smallest absolute Gasteiger partial charge is 0.170 e. The Morgan fingerprint density at radius 3 is 2.70 bits per heavy atom. The van der Waals surface area contributed by atoms with Crippen LogP contribution in [0.2, 0.25) is 0 Å². The standard InChI is InChI=1S/C16H14O4/c1-19-16-7-11-12(17)8-14(10-5-3-2-4-6-10)20-15(11)9-13(16)18/h2-7,9,14,18H,8H2,1H3. The molecule has 3 rings (SSSR count). The number of carbonyl (C=O) groups excluding carboxylic acids is 1. The Bertz CT molecular complexity index is 649. The highest BCUT2D eigenvalue weighted by Crippen LogP contribution is 2.40. The summed E-state index contributed by atoms with van der Waals surface area (Å²) >= 11 is 0. The summed E-state index contributed by atoms with van der Waals surface area (Å²) in [5, 5.41) is 9.79. The molecule has 0 amide bonds. The number of ketones is 1. The fourth-order valence-corrected chi connectivity index (χ4v) is 2.35. The molecule has 0 saturated carbocycles. The van der Waals surface area contributed by atoms with Gasteiger partial charge in [0.05, 0.1) is 19.1 Å². The third kappa shape index (κ3) is 2.09. The third-order valence-electron chi connectivity index (χ3n) is 3.39. The molecule has 0 bridgehead atoms. The fourth-order valence-electron chi connectivity index (χ4n) is 2.35. The summed E-state index contributed by atoms with van der Waals surface area (Å²) in [5.41, 5.74) is 1.40. The highest BCUT2D eigenvalue weighted by molar-refractivity contribution is 6.00. The van der Waals surface area contributed by atoms with Gasteiger partial charge in [0, 0.05) is 6.07 Å². The summed E-state index contributed by atoms with van der Waals surface area (Å²) in [6, 6.07) is 12.5. The Kier molecular flexibility index (Phi) is 3.06. The molecule has 0 saturated heterocycles. The number of hydrogen-bond donors (Lipinski definition) is 1. The van der Waals surface area contributed by atoms with E-state index in [1.165, 1.54) is 19.2 Å². The van der Waals surface area contributed by atoms with Crippen LogP contribution in [0.25, 0.3) is 0 Å². The molecule has 4 nitrogen and oxygen atoms in total. The lowest BCUT2D eigenvalue weighted by molar-refractivity contribution is 0.0848. The maximum absolute atomic E-state index is 12.2. The number of methoxy groups -OCH3 is 1. The number of benzene rings is 2. The molecule has 1 aliphatic rings. The Hall–Kier alpha value is -2.49. The number of phenols is 1. The van der Waals surface area contributed by atoms with Crippen molar-refractivity contribution in [3.05, 3.63) is 53.6 Å². The lowest BCUT2D eigenvalue weighted by Gasteiger charge is -2.26. The summed E-state index contributed by atoms with van der Waals surface area (Å²) in [7, 11) is 1.45. The zero-order chi connectivity index (χ0) is 14.1. The first kappa shape index (κ1) is 12.5. The lowest BCUT2D eigenvalue weighted by Crippen LogP contribution is -2.20. The molecule has 0 fully saturated rings. The summed E-state index contributed by atoms with van der Waals surface area (Å²) in [4.78, 5) is 12.2. The molecule has 1 heterocycles. The zero-order valence-electron chi connectivity index (χ0n) is 11.0. The second-order valence-electron chi connectivity index (χ2n) is 4.66. The van der Waals surface area contributed by atoms with Gasteiger partial charge in [-0.2, -0.15) is 0 Å². The van der Waals surface area contributed by atoms with Gasteiger partial charge in [-0.1, -0.05) is 30.3 Å². The molecule has 20 heavy (non-hydrogen) atoms. The quantitative estimate of drug-likeness (QED) is 0.911. The van der Waals surface area contributed by atoms with Gasteiger partial charge in [-0.3, -0.25) is 4.79 Å². The van der Waals surface area contributed by atoms with Crippen LogP contribution in [0, 0.1) is 0 Å². The second-order valence-corrected chi connectivity index (χ2v) is 4.66. The second kappa shape index (κ2) is 4.89. The number of Topliss-reactive ketones (excluding diaryl/α,β-unsaturated/α-hetero) is 1. The van der Waals surface area contributed by atoms with Crippen LogP contribution in [0.5, 0.6) is 17.2 Å².